The molecule has 26 heavy (non-hydrogen) atoms. The van der Waals surface area contributed by atoms with E-state index in [9.17, 15) is 13.9 Å². The number of amides is 1. The maximum atomic E-state index is 11.0. The van der Waals surface area contributed by atoms with Crippen molar-refractivity contribution in [2.24, 2.45) is 0 Å². The van der Waals surface area contributed by atoms with Crippen LogP contribution in [0.15, 0.2) is 53.0 Å². The van der Waals surface area contributed by atoms with Gasteiger partial charge in [0.05, 0.1) is 17.1 Å². The molecular formula is C17H20BrN3O4S. The molecule has 2 aromatic carbocycles. The van der Waals surface area contributed by atoms with Crippen molar-refractivity contribution >= 4 is 50.0 Å². The number of nitrogens with one attached hydrogen (secondary N) is 1. The number of benzene rings is 2. The van der Waals surface area contributed by atoms with Crippen LogP contribution < -0.4 is 13.9 Å². The predicted molar refractivity (Wildman–Crippen MR) is 108 cm³/mol. The molecule has 0 fully saturated rings. The van der Waals surface area contributed by atoms with Crippen LogP contribution in [0.5, 0.6) is 0 Å². The second-order valence-corrected chi connectivity index (χ2v) is 8.50. The molecule has 0 aliphatic carbocycles. The number of rotatable bonds is 6. The monoisotopic (exact) mass is 441 g/mol. The fourth-order valence-corrected chi connectivity index (χ4v) is 5.05. The first-order valence-corrected chi connectivity index (χ1v) is 10.3. The van der Waals surface area contributed by atoms with Gasteiger partial charge in [0, 0.05) is 17.6 Å². The van der Waals surface area contributed by atoms with Gasteiger partial charge in [-0.2, -0.15) is 0 Å². The lowest BCUT2D eigenvalue weighted by atomic mass is 10.2. The summed E-state index contributed by atoms with van der Waals surface area (Å²) in [5.41, 5.74) is 2.16. The zero-order valence-electron chi connectivity index (χ0n) is 13.9. The van der Waals surface area contributed by atoms with Crippen LogP contribution in [0.1, 0.15) is 12.8 Å². The summed E-state index contributed by atoms with van der Waals surface area (Å²) in [6, 6.07) is 14.8. The molecule has 4 N–H and O–H groups in total. The summed E-state index contributed by atoms with van der Waals surface area (Å²) >= 11 is 3.44. The number of nitrogens with zero attached hydrogens (tertiary/aromatic N) is 2. The minimum atomic E-state index is -3.25. The van der Waals surface area contributed by atoms with E-state index in [-0.39, 0.29) is 0 Å². The highest BCUT2D eigenvalue weighted by Crippen LogP contribution is 2.64. The number of unbranched alkanes of at least 4 members (excludes halogenated alkanes) is 1. The molecule has 1 aliphatic heterocycles. The predicted octanol–water partition coefficient (Wildman–Crippen LogP) is 5.04. The van der Waals surface area contributed by atoms with Crippen LogP contribution in [0.4, 0.5) is 21.9 Å². The average Bonchev–Trinajstić information content (AvgIpc) is 2.81. The van der Waals surface area contributed by atoms with E-state index in [0.29, 0.717) is 31.6 Å². The van der Waals surface area contributed by atoms with E-state index in [1.807, 2.05) is 48.5 Å². The lowest BCUT2D eigenvalue weighted by Crippen LogP contribution is -2.32. The molecule has 140 valence electrons. The maximum Gasteiger partial charge on any atom is 0.404 e. The third kappa shape index (κ3) is 3.75. The second-order valence-electron chi connectivity index (χ2n) is 5.79. The van der Waals surface area contributed by atoms with Crippen molar-refractivity contribution in [2.45, 2.75) is 12.8 Å². The molecule has 0 saturated carbocycles. The second kappa shape index (κ2) is 7.75. The number of hydrogen-bond acceptors (Lipinski definition) is 5. The SMILES string of the molecule is O=C(O)NCCCCN1c2cc(Br)ccc2N(c2ccccc2)S1(O)O. The molecule has 0 radical (unpaired) electrons. The molecule has 0 bridgehead atoms. The molecule has 0 saturated heterocycles. The normalized spacial score (nSPS) is 16.3. The minimum absolute atomic E-state index is 0.329. The lowest BCUT2D eigenvalue weighted by molar-refractivity contribution is 0.194. The molecule has 1 heterocycles. The Balaban J connectivity index is 1.85. The molecule has 3 rings (SSSR count). The number of para-hydroxylation sites is 1. The highest BCUT2D eigenvalue weighted by Gasteiger charge is 2.41. The number of fused-ring (bicyclic) bond motifs is 1. The van der Waals surface area contributed by atoms with Crippen molar-refractivity contribution in [3.05, 3.63) is 53.0 Å². The van der Waals surface area contributed by atoms with Gasteiger partial charge in [-0.3, -0.25) is 13.4 Å². The topological polar surface area (TPSA) is 96.3 Å². The van der Waals surface area contributed by atoms with E-state index in [1.165, 1.54) is 0 Å². The molecule has 9 heteroatoms. The van der Waals surface area contributed by atoms with Crippen LogP contribution in [0.3, 0.4) is 0 Å². The summed E-state index contributed by atoms with van der Waals surface area (Å²) in [6.07, 6.45) is 0.164. The van der Waals surface area contributed by atoms with Gasteiger partial charge in [-0.1, -0.05) is 34.1 Å². The third-order valence-electron chi connectivity index (χ3n) is 4.02. The van der Waals surface area contributed by atoms with Crippen molar-refractivity contribution in [3.63, 3.8) is 0 Å². The van der Waals surface area contributed by atoms with Gasteiger partial charge in [-0.15, -0.1) is 0 Å². The van der Waals surface area contributed by atoms with Crippen LogP contribution in [0.25, 0.3) is 0 Å². The number of anilines is 3. The molecule has 2 aromatic rings. The van der Waals surface area contributed by atoms with Gasteiger partial charge in [0.25, 0.3) is 0 Å². The molecule has 0 aromatic heterocycles. The van der Waals surface area contributed by atoms with Crippen molar-refractivity contribution in [1.29, 1.82) is 0 Å². The summed E-state index contributed by atoms with van der Waals surface area (Å²) < 4.78 is 26.0. The number of carbonyl (C=O) groups is 1. The third-order valence-corrected chi connectivity index (χ3v) is 6.38. The van der Waals surface area contributed by atoms with Crippen molar-refractivity contribution in [1.82, 2.24) is 5.32 Å². The Labute approximate surface area is 162 Å². The number of halogens is 1. The Kier molecular flexibility index (Phi) is 5.61. The van der Waals surface area contributed by atoms with Crippen molar-refractivity contribution in [3.8, 4) is 0 Å². The quantitative estimate of drug-likeness (QED) is 0.469. The standard InChI is InChI=1S/C17H20BrN3O4S/c18-13-8-9-15-16(12-13)20(11-5-4-10-19-17(22)23)26(24,25)21(15)14-6-2-1-3-7-14/h1-3,6-9,12,19,24-25H,4-5,10-11H2,(H,22,23). The van der Waals surface area contributed by atoms with Gasteiger partial charge in [-0.05, 0) is 54.1 Å². The molecule has 0 spiro atoms. The average molecular weight is 442 g/mol. The van der Waals surface area contributed by atoms with Crippen LogP contribution in [0, 0.1) is 0 Å². The molecular weight excluding hydrogens is 422 g/mol. The van der Waals surface area contributed by atoms with Gasteiger partial charge in [0.2, 0.25) is 0 Å². The van der Waals surface area contributed by atoms with Gasteiger partial charge < -0.3 is 10.4 Å². The summed E-state index contributed by atoms with van der Waals surface area (Å²) in [5, 5.41) is 10.9. The van der Waals surface area contributed by atoms with Crippen molar-refractivity contribution in [2.75, 3.05) is 21.7 Å². The Morgan fingerprint density at radius 3 is 2.50 bits per heavy atom. The molecule has 0 atom stereocenters. The van der Waals surface area contributed by atoms with Crippen LogP contribution >= 0.6 is 26.9 Å². The fourth-order valence-electron chi connectivity index (χ4n) is 2.89. The van der Waals surface area contributed by atoms with E-state index >= 15 is 0 Å². The zero-order chi connectivity index (χ0) is 18.7. The lowest BCUT2D eigenvalue weighted by Gasteiger charge is -2.43. The Bertz CT molecular complexity index is 791. The van der Waals surface area contributed by atoms with E-state index in [2.05, 4.69) is 21.2 Å². The number of carboxylic acid groups (broad SMARTS) is 1. The van der Waals surface area contributed by atoms with Gasteiger partial charge >= 0.3 is 6.09 Å². The van der Waals surface area contributed by atoms with E-state index in [4.69, 9.17) is 5.11 Å². The van der Waals surface area contributed by atoms with Gasteiger partial charge in [0.15, 0.2) is 0 Å². The molecule has 7 nitrogen and oxygen atoms in total. The van der Waals surface area contributed by atoms with Crippen LogP contribution in [0.2, 0.25) is 0 Å². The zero-order valence-corrected chi connectivity index (χ0v) is 16.3. The Morgan fingerprint density at radius 2 is 1.81 bits per heavy atom. The van der Waals surface area contributed by atoms with E-state index in [1.54, 1.807) is 8.61 Å². The first kappa shape index (κ1) is 18.8. The van der Waals surface area contributed by atoms with Gasteiger partial charge in [-0.25, -0.2) is 9.10 Å². The van der Waals surface area contributed by atoms with E-state index < -0.39 is 17.1 Å². The molecule has 0 unspecified atom stereocenters. The summed E-state index contributed by atoms with van der Waals surface area (Å²) in [6.45, 7) is 0.729. The summed E-state index contributed by atoms with van der Waals surface area (Å²) in [4.78, 5) is 10.5. The fraction of sp³-hybridized carbons (Fsp3) is 0.235. The molecule has 1 aliphatic rings. The minimum Gasteiger partial charge on any atom is -0.465 e. The summed E-state index contributed by atoms with van der Waals surface area (Å²) in [5.74, 6) is 0. The first-order chi connectivity index (χ1) is 12.4. The summed E-state index contributed by atoms with van der Waals surface area (Å²) in [7, 11) is -3.25. The van der Waals surface area contributed by atoms with E-state index in [0.717, 1.165) is 15.8 Å². The highest BCUT2D eigenvalue weighted by molar-refractivity contribution is 9.10. The maximum absolute atomic E-state index is 11.0. The van der Waals surface area contributed by atoms with Gasteiger partial charge in [0.1, 0.15) is 0 Å². The highest BCUT2D eigenvalue weighted by atomic mass is 79.9. The van der Waals surface area contributed by atoms with Crippen molar-refractivity contribution < 1.29 is 19.0 Å². The molecule has 1 amide bonds. The Morgan fingerprint density at radius 1 is 1.08 bits per heavy atom. The van der Waals surface area contributed by atoms with Crippen LogP contribution in [-0.2, 0) is 0 Å². The van der Waals surface area contributed by atoms with Crippen LogP contribution in [-0.4, -0.2) is 33.4 Å². The smallest absolute Gasteiger partial charge is 0.404 e. The largest absolute Gasteiger partial charge is 0.465 e. The number of hydrogen-bond donors (Lipinski definition) is 4. The Hall–Kier alpha value is -1.94. The first-order valence-electron chi connectivity index (χ1n) is 8.09.